The predicted octanol–water partition coefficient (Wildman–Crippen LogP) is 5.56. The second kappa shape index (κ2) is 10.2. The molecule has 8 heteroatoms. The summed E-state index contributed by atoms with van der Waals surface area (Å²) in [6.07, 6.45) is -0.886. The molecule has 4 aromatic rings. The Labute approximate surface area is 219 Å². The molecule has 0 spiro atoms. The number of nitrogens with zero attached hydrogens (tertiary/aromatic N) is 2. The first kappa shape index (κ1) is 24.7. The lowest BCUT2D eigenvalue weighted by molar-refractivity contribution is -0.135. The topological polar surface area (TPSA) is 97.3 Å². The number of hydrogen-bond acceptors (Lipinski definition) is 6. The minimum Gasteiger partial charge on any atom is -0.446 e. The summed E-state index contributed by atoms with van der Waals surface area (Å²) in [5, 5.41) is 10.3. The summed E-state index contributed by atoms with van der Waals surface area (Å²) in [6, 6.07) is 25.4. The number of nitrogens with one attached hydrogen (secondary N) is 1. The van der Waals surface area contributed by atoms with Crippen LogP contribution in [0.4, 0.5) is 5.69 Å². The number of ether oxygens (including phenoxy) is 2. The first-order valence-corrected chi connectivity index (χ1v) is 12.0. The molecular weight excluding hydrogens is 482 g/mol. The molecule has 8 nitrogen and oxygen atoms in total. The zero-order chi connectivity index (χ0) is 26.8. The molecule has 0 aromatic heterocycles. The third-order valence-electron chi connectivity index (χ3n) is 6.07. The van der Waals surface area contributed by atoms with Gasteiger partial charge in [0, 0.05) is 30.7 Å². The van der Waals surface area contributed by atoms with Crippen LogP contribution in [0.15, 0.2) is 90.0 Å². The van der Waals surface area contributed by atoms with Crippen LogP contribution >= 0.6 is 0 Å². The second-order valence-corrected chi connectivity index (χ2v) is 8.94. The van der Waals surface area contributed by atoms with Gasteiger partial charge >= 0.3 is 5.97 Å². The number of hydrogen-bond donors (Lipinski definition) is 1. The Morgan fingerprint density at radius 3 is 2.42 bits per heavy atom. The van der Waals surface area contributed by atoms with Crippen LogP contribution in [0.2, 0.25) is 0 Å². The molecule has 2 amide bonds. The lowest BCUT2D eigenvalue weighted by Crippen LogP contribution is -2.25. The Balaban J connectivity index is 1.48. The first-order chi connectivity index (χ1) is 18.3. The van der Waals surface area contributed by atoms with Crippen molar-refractivity contribution < 1.29 is 23.9 Å². The Morgan fingerprint density at radius 1 is 0.921 bits per heavy atom. The van der Waals surface area contributed by atoms with Gasteiger partial charge in [0.05, 0.1) is 5.56 Å². The van der Waals surface area contributed by atoms with E-state index in [1.54, 1.807) is 42.5 Å². The number of amides is 2. The number of esters is 1. The molecule has 0 bridgehead atoms. The van der Waals surface area contributed by atoms with Gasteiger partial charge in [0.2, 0.25) is 18.0 Å². The third-order valence-corrected chi connectivity index (χ3v) is 6.07. The summed E-state index contributed by atoms with van der Waals surface area (Å²) in [5.41, 5.74) is 3.21. The van der Waals surface area contributed by atoms with E-state index in [4.69, 9.17) is 9.47 Å². The van der Waals surface area contributed by atoms with Crippen molar-refractivity contribution in [1.29, 1.82) is 0 Å². The number of benzene rings is 4. The monoisotopic (exact) mass is 507 g/mol. The van der Waals surface area contributed by atoms with Crippen molar-refractivity contribution in [3.05, 3.63) is 107 Å². The molecular formula is C30H25N3O5. The van der Waals surface area contributed by atoms with E-state index in [2.05, 4.69) is 10.4 Å². The van der Waals surface area contributed by atoms with Gasteiger partial charge in [-0.1, -0.05) is 60.2 Å². The highest BCUT2D eigenvalue weighted by Gasteiger charge is 2.35. The maximum absolute atomic E-state index is 12.7. The molecule has 0 unspecified atom stereocenters. The molecule has 1 N–H and O–H groups in total. The maximum Gasteiger partial charge on any atom is 0.308 e. The van der Waals surface area contributed by atoms with Crippen LogP contribution in [0.5, 0.6) is 5.75 Å². The zero-order valence-corrected chi connectivity index (χ0v) is 21.1. The fourth-order valence-corrected chi connectivity index (χ4v) is 4.27. The minimum atomic E-state index is -0.886. The molecule has 1 heterocycles. The average molecular weight is 508 g/mol. The fourth-order valence-electron chi connectivity index (χ4n) is 4.27. The van der Waals surface area contributed by atoms with Gasteiger partial charge in [-0.3, -0.25) is 14.4 Å². The number of hydrazone groups is 1. The second-order valence-electron chi connectivity index (χ2n) is 8.94. The SMILES string of the molecule is CC(=O)Oc1ccc2ccccc2c1C1=NN(C(C)=O)[C@H](c2cccc(NC(=O)c3ccc(C)cc3)c2)O1. The van der Waals surface area contributed by atoms with Crippen molar-refractivity contribution in [1.82, 2.24) is 5.01 Å². The van der Waals surface area contributed by atoms with Crippen molar-refractivity contribution in [2.24, 2.45) is 5.10 Å². The van der Waals surface area contributed by atoms with E-state index in [1.165, 1.54) is 18.9 Å². The molecule has 0 radical (unpaired) electrons. The van der Waals surface area contributed by atoms with Gasteiger partial charge in [-0.05, 0) is 48.0 Å². The average Bonchev–Trinajstić information content (AvgIpc) is 3.34. The Kier molecular flexibility index (Phi) is 6.62. The van der Waals surface area contributed by atoms with Gasteiger partial charge in [-0.25, -0.2) is 0 Å². The number of fused-ring (bicyclic) bond motifs is 1. The van der Waals surface area contributed by atoms with Gasteiger partial charge in [0.1, 0.15) is 5.75 Å². The molecule has 0 saturated carbocycles. The molecule has 1 aliphatic heterocycles. The molecule has 5 rings (SSSR count). The Hall–Kier alpha value is -4.98. The van der Waals surface area contributed by atoms with Gasteiger partial charge < -0.3 is 14.8 Å². The molecule has 1 atom stereocenters. The highest BCUT2D eigenvalue weighted by atomic mass is 16.5. The Bertz CT molecular complexity index is 1590. The number of aryl methyl sites for hydroxylation is 1. The Morgan fingerprint density at radius 2 is 1.68 bits per heavy atom. The lowest BCUT2D eigenvalue weighted by atomic mass is 10.0. The highest BCUT2D eigenvalue weighted by Crippen LogP contribution is 2.37. The third kappa shape index (κ3) is 4.97. The summed E-state index contributed by atoms with van der Waals surface area (Å²) in [5.74, 6) is -0.660. The van der Waals surface area contributed by atoms with E-state index in [-0.39, 0.29) is 23.5 Å². The van der Waals surface area contributed by atoms with Gasteiger partial charge in [-0.2, -0.15) is 5.01 Å². The quantitative estimate of drug-likeness (QED) is 0.282. The maximum atomic E-state index is 12.7. The summed E-state index contributed by atoms with van der Waals surface area (Å²) >= 11 is 0. The first-order valence-electron chi connectivity index (χ1n) is 12.0. The molecule has 1 aliphatic rings. The largest absolute Gasteiger partial charge is 0.446 e. The summed E-state index contributed by atoms with van der Waals surface area (Å²) in [6.45, 7) is 4.66. The lowest BCUT2D eigenvalue weighted by Gasteiger charge is -2.20. The molecule has 4 aromatic carbocycles. The summed E-state index contributed by atoms with van der Waals surface area (Å²) in [7, 11) is 0. The zero-order valence-electron chi connectivity index (χ0n) is 21.1. The predicted molar refractivity (Wildman–Crippen MR) is 144 cm³/mol. The minimum absolute atomic E-state index is 0.146. The number of carbonyl (C=O) groups excluding carboxylic acids is 3. The van der Waals surface area contributed by atoms with Gasteiger partial charge in [0.15, 0.2) is 0 Å². The van der Waals surface area contributed by atoms with Crippen LogP contribution in [0.3, 0.4) is 0 Å². The fraction of sp³-hybridized carbons (Fsp3) is 0.133. The van der Waals surface area contributed by atoms with Crippen LogP contribution < -0.4 is 10.1 Å². The van der Waals surface area contributed by atoms with Crippen molar-refractivity contribution in [3.63, 3.8) is 0 Å². The van der Waals surface area contributed by atoms with Gasteiger partial charge in [0.25, 0.3) is 5.91 Å². The highest BCUT2D eigenvalue weighted by molar-refractivity contribution is 6.10. The van der Waals surface area contributed by atoms with Crippen LogP contribution in [0.1, 0.15) is 47.1 Å². The molecule has 38 heavy (non-hydrogen) atoms. The van der Waals surface area contributed by atoms with Crippen molar-refractivity contribution in [2.45, 2.75) is 27.0 Å². The van der Waals surface area contributed by atoms with E-state index in [1.807, 2.05) is 49.4 Å². The van der Waals surface area contributed by atoms with Crippen LogP contribution in [0, 0.1) is 6.92 Å². The normalized spacial score (nSPS) is 14.6. The van der Waals surface area contributed by atoms with E-state index in [0.29, 0.717) is 22.4 Å². The molecule has 0 saturated heterocycles. The van der Waals surface area contributed by atoms with Crippen molar-refractivity contribution in [2.75, 3.05) is 5.32 Å². The van der Waals surface area contributed by atoms with E-state index < -0.39 is 12.2 Å². The van der Waals surface area contributed by atoms with Crippen molar-refractivity contribution >= 4 is 40.1 Å². The van der Waals surface area contributed by atoms with Crippen LogP contribution in [-0.2, 0) is 14.3 Å². The van der Waals surface area contributed by atoms with Crippen molar-refractivity contribution in [3.8, 4) is 5.75 Å². The number of anilines is 1. The molecule has 190 valence electrons. The standard InChI is InChI=1S/C30H25N3O5/c1-18-11-13-22(14-12-18)28(36)31-24-9-6-8-23(17-24)30-33(19(2)34)32-29(38-30)27-25-10-5-4-7-21(25)15-16-26(27)37-20(3)35/h4-17,30H,1-3H3,(H,31,36)/t30-/m0/s1. The molecule has 0 aliphatic carbocycles. The number of carbonyl (C=O) groups is 3. The molecule has 0 fully saturated rings. The van der Waals surface area contributed by atoms with E-state index in [9.17, 15) is 14.4 Å². The summed E-state index contributed by atoms with van der Waals surface area (Å²) < 4.78 is 11.7. The van der Waals surface area contributed by atoms with Crippen LogP contribution in [0.25, 0.3) is 10.8 Å². The summed E-state index contributed by atoms with van der Waals surface area (Å²) in [4.78, 5) is 37.2. The smallest absolute Gasteiger partial charge is 0.308 e. The van der Waals surface area contributed by atoms with E-state index >= 15 is 0 Å². The van der Waals surface area contributed by atoms with Gasteiger partial charge in [-0.15, -0.1) is 5.10 Å². The van der Waals surface area contributed by atoms with E-state index in [0.717, 1.165) is 16.3 Å². The van der Waals surface area contributed by atoms with Crippen LogP contribution in [-0.4, -0.2) is 28.7 Å². The number of rotatable bonds is 5.